The second-order valence-corrected chi connectivity index (χ2v) is 11.5. The average Bonchev–Trinajstić information content (AvgIpc) is 3.45. The molecule has 4 aromatic rings. The topological polar surface area (TPSA) is 75.5 Å². The van der Waals surface area contributed by atoms with Crippen molar-refractivity contribution < 1.29 is 41.0 Å². The molecule has 0 radical (unpaired) electrons. The summed E-state index contributed by atoms with van der Waals surface area (Å²) in [5.74, 6) is -1.67. The first kappa shape index (κ1) is 31.6. The van der Waals surface area contributed by atoms with Gasteiger partial charge in [-0.25, -0.2) is 4.98 Å². The van der Waals surface area contributed by atoms with Crippen molar-refractivity contribution in [1.29, 1.82) is 0 Å². The Morgan fingerprint density at radius 2 is 1.82 bits per heavy atom. The molecule has 1 saturated heterocycles. The number of pyridine rings is 1. The maximum absolute atomic E-state index is 14.1. The van der Waals surface area contributed by atoms with Gasteiger partial charge < -0.3 is 14.7 Å². The highest BCUT2D eigenvalue weighted by Gasteiger charge is 2.36. The highest BCUT2D eigenvalue weighted by atomic mass is 35.5. The molecule has 1 aliphatic rings. The van der Waals surface area contributed by atoms with Crippen LogP contribution in [-0.4, -0.2) is 34.1 Å². The predicted molar refractivity (Wildman–Crippen MR) is 154 cm³/mol. The molecule has 6 nitrogen and oxygen atoms in total. The molecule has 232 valence electrons. The molecule has 44 heavy (non-hydrogen) atoms. The summed E-state index contributed by atoms with van der Waals surface area (Å²) in [7, 11) is 0. The molecule has 0 spiro atoms. The summed E-state index contributed by atoms with van der Waals surface area (Å²) >= 11 is 7.34. The molecule has 5 rings (SSSR count). The number of thiazole rings is 1. The maximum Gasteiger partial charge on any atom is 0.419 e. The Balaban J connectivity index is 1.39. The molecule has 0 atom stereocenters. The lowest BCUT2D eigenvalue weighted by Gasteiger charge is -2.29. The number of halogens is 7. The maximum atomic E-state index is 14.1. The van der Waals surface area contributed by atoms with Crippen molar-refractivity contribution in [3.63, 3.8) is 0 Å². The second kappa shape index (κ2) is 12.3. The third-order valence-corrected chi connectivity index (χ3v) is 8.55. The Kier molecular flexibility index (Phi) is 8.81. The van der Waals surface area contributed by atoms with Crippen molar-refractivity contribution in [2.75, 3.05) is 18.0 Å². The Morgan fingerprint density at radius 1 is 1.09 bits per heavy atom. The number of aryl methyl sites for hydroxylation is 1. The molecule has 0 amide bonds. The van der Waals surface area contributed by atoms with Crippen molar-refractivity contribution in [3.8, 4) is 28.3 Å². The zero-order valence-corrected chi connectivity index (χ0v) is 24.5. The van der Waals surface area contributed by atoms with Crippen LogP contribution in [0.25, 0.3) is 22.5 Å². The number of ether oxygens (including phenoxy) is 1. The first-order valence-corrected chi connectivity index (χ1v) is 14.6. The Bertz CT molecular complexity index is 1680. The fraction of sp³-hybridized carbons (Fsp3) is 0.300. The number of carboxylic acid groups (broad SMARTS) is 1. The van der Waals surface area contributed by atoms with Gasteiger partial charge in [0.05, 0.1) is 33.5 Å². The number of anilines is 1. The number of rotatable bonds is 7. The summed E-state index contributed by atoms with van der Waals surface area (Å²) < 4.78 is 87.1. The van der Waals surface area contributed by atoms with Crippen LogP contribution in [0, 0.1) is 12.8 Å². The van der Waals surface area contributed by atoms with E-state index in [4.69, 9.17) is 16.3 Å². The summed E-state index contributed by atoms with van der Waals surface area (Å²) in [6.07, 6.45) is -7.74. The van der Waals surface area contributed by atoms with E-state index in [9.17, 15) is 36.2 Å². The third kappa shape index (κ3) is 6.78. The summed E-state index contributed by atoms with van der Waals surface area (Å²) in [6.45, 7) is 2.40. The van der Waals surface area contributed by atoms with Crippen LogP contribution in [0.2, 0.25) is 5.02 Å². The molecule has 1 N–H and O–H groups in total. The average molecular weight is 656 g/mol. The van der Waals surface area contributed by atoms with Crippen LogP contribution < -0.4 is 9.64 Å². The number of nitrogens with zero attached hydrogens (tertiary/aromatic N) is 3. The van der Waals surface area contributed by atoms with Gasteiger partial charge in [0.2, 0.25) is 0 Å². The SMILES string of the molecule is Cc1cc(-c2ncc(C(F)(F)F)cc2Cl)ccc1COc1c(-c2csc(N3CCC(C(=O)O)CC3)n2)cccc1C(F)(F)F. The minimum absolute atomic E-state index is 0.131. The molecule has 2 aromatic heterocycles. The number of carboxylic acids is 1. The highest BCUT2D eigenvalue weighted by Crippen LogP contribution is 2.43. The lowest BCUT2D eigenvalue weighted by atomic mass is 9.97. The fourth-order valence-electron chi connectivity index (χ4n) is 4.93. The van der Waals surface area contributed by atoms with E-state index >= 15 is 0 Å². The van der Waals surface area contributed by atoms with Gasteiger partial charge in [-0.15, -0.1) is 11.3 Å². The lowest BCUT2D eigenvalue weighted by molar-refractivity contribution is -0.142. The normalized spacial score (nSPS) is 14.6. The first-order valence-electron chi connectivity index (χ1n) is 13.3. The largest absolute Gasteiger partial charge is 0.488 e. The van der Waals surface area contributed by atoms with Crippen molar-refractivity contribution in [2.45, 2.75) is 38.7 Å². The van der Waals surface area contributed by atoms with E-state index in [1.165, 1.54) is 23.5 Å². The van der Waals surface area contributed by atoms with Crippen LogP contribution in [0.15, 0.2) is 54.0 Å². The zero-order valence-electron chi connectivity index (χ0n) is 23.0. The zero-order chi connectivity index (χ0) is 31.8. The molecule has 0 aliphatic carbocycles. The lowest BCUT2D eigenvalue weighted by Crippen LogP contribution is -2.36. The molecular formula is C30H24ClF6N3O3S. The predicted octanol–water partition coefficient (Wildman–Crippen LogP) is 8.75. The quantitative estimate of drug-likeness (QED) is 0.201. The number of alkyl halides is 6. The van der Waals surface area contributed by atoms with E-state index in [0.29, 0.717) is 59.6 Å². The van der Waals surface area contributed by atoms with Crippen LogP contribution in [-0.2, 0) is 23.8 Å². The number of hydrogen-bond acceptors (Lipinski definition) is 6. The van der Waals surface area contributed by atoms with E-state index < -0.39 is 41.1 Å². The van der Waals surface area contributed by atoms with Crippen LogP contribution in [0.5, 0.6) is 5.75 Å². The molecule has 2 aromatic carbocycles. The van der Waals surface area contributed by atoms with E-state index in [0.717, 1.165) is 12.1 Å². The van der Waals surface area contributed by atoms with Crippen LogP contribution >= 0.6 is 22.9 Å². The summed E-state index contributed by atoms with van der Waals surface area (Å²) in [5.41, 5.74) is 0.199. The monoisotopic (exact) mass is 655 g/mol. The molecule has 3 heterocycles. The second-order valence-electron chi connectivity index (χ2n) is 10.3. The fourth-order valence-corrected chi connectivity index (χ4v) is 6.08. The number of carbonyl (C=O) groups is 1. The number of piperidine rings is 1. The molecule has 0 unspecified atom stereocenters. The number of hydrogen-bond donors (Lipinski definition) is 1. The molecule has 1 aliphatic heterocycles. The molecule has 1 fully saturated rings. The van der Waals surface area contributed by atoms with E-state index in [1.54, 1.807) is 30.5 Å². The van der Waals surface area contributed by atoms with E-state index in [2.05, 4.69) is 9.97 Å². The van der Waals surface area contributed by atoms with Gasteiger partial charge in [0.25, 0.3) is 0 Å². The van der Waals surface area contributed by atoms with Gasteiger partial charge in [-0.3, -0.25) is 9.78 Å². The van der Waals surface area contributed by atoms with Crippen LogP contribution in [0.3, 0.4) is 0 Å². The van der Waals surface area contributed by atoms with Crippen molar-refractivity contribution in [2.24, 2.45) is 5.92 Å². The van der Waals surface area contributed by atoms with Crippen LogP contribution in [0.4, 0.5) is 31.5 Å². The summed E-state index contributed by atoms with van der Waals surface area (Å²) in [5, 5.41) is 11.3. The number of para-hydroxylation sites is 1. The van der Waals surface area contributed by atoms with Gasteiger partial charge in [0.1, 0.15) is 12.4 Å². The van der Waals surface area contributed by atoms with Gasteiger partial charge in [0.15, 0.2) is 5.13 Å². The van der Waals surface area contributed by atoms with Crippen LogP contribution in [0.1, 0.15) is 35.1 Å². The third-order valence-electron chi connectivity index (χ3n) is 7.36. The van der Waals surface area contributed by atoms with E-state index in [-0.39, 0.29) is 22.9 Å². The van der Waals surface area contributed by atoms with Gasteiger partial charge in [-0.1, -0.05) is 29.8 Å². The standard InChI is InChI=1S/C30H24ClF6N3O3S/c1-16-11-18(25-23(31)12-20(13-38-25)29(32,33)34)5-6-19(16)14-43-26-21(3-2-4-22(26)30(35,36)37)24-15-44-28(39-24)40-9-7-17(8-10-40)27(41)42/h2-6,11-13,15,17H,7-10,14H2,1H3,(H,41,42). The minimum Gasteiger partial charge on any atom is -0.488 e. The number of aromatic nitrogens is 2. The molecule has 0 saturated carbocycles. The Labute approximate surface area is 256 Å². The van der Waals surface area contributed by atoms with Crippen molar-refractivity contribution in [3.05, 3.63) is 81.3 Å². The minimum atomic E-state index is -4.72. The van der Waals surface area contributed by atoms with E-state index in [1.807, 2.05) is 4.90 Å². The highest BCUT2D eigenvalue weighted by molar-refractivity contribution is 7.14. The van der Waals surface area contributed by atoms with Gasteiger partial charge in [-0.05, 0) is 55.2 Å². The summed E-state index contributed by atoms with van der Waals surface area (Å²) in [6, 6.07) is 9.27. The molecule has 14 heteroatoms. The van der Waals surface area contributed by atoms with Gasteiger partial charge >= 0.3 is 18.3 Å². The smallest absolute Gasteiger partial charge is 0.419 e. The Morgan fingerprint density at radius 3 is 2.43 bits per heavy atom. The van der Waals surface area contributed by atoms with Crippen molar-refractivity contribution in [1.82, 2.24) is 9.97 Å². The molecular weight excluding hydrogens is 632 g/mol. The van der Waals surface area contributed by atoms with Gasteiger partial charge in [0, 0.05) is 35.8 Å². The number of aliphatic carboxylic acids is 1. The first-order chi connectivity index (χ1) is 20.7. The summed E-state index contributed by atoms with van der Waals surface area (Å²) in [4.78, 5) is 21.6. The van der Waals surface area contributed by atoms with Crippen molar-refractivity contribution >= 4 is 34.0 Å². The number of benzene rings is 2. The molecule has 0 bridgehead atoms. The van der Waals surface area contributed by atoms with Gasteiger partial charge in [-0.2, -0.15) is 26.3 Å². The Hall–Kier alpha value is -3.84.